The molecule has 0 spiro atoms. The topological polar surface area (TPSA) is 61.4 Å². The molecule has 1 fully saturated rings. The zero-order valence-corrected chi connectivity index (χ0v) is 12.5. The maximum atomic E-state index is 11.9. The Hall–Kier alpha value is -1.88. The second kappa shape index (κ2) is 7.78. The van der Waals surface area contributed by atoms with Gasteiger partial charge in [-0.05, 0) is 44.1 Å². The third-order valence-corrected chi connectivity index (χ3v) is 3.65. The van der Waals surface area contributed by atoms with E-state index in [2.05, 4.69) is 10.6 Å². The van der Waals surface area contributed by atoms with Crippen molar-refractivity contribution >= 4 is 11.8 Å². The minimum absolute atomic E-state index is 0.0464. The molecule has 1 saturated heterocycles. The molecular formula is C16H23N3O2. The maximum absolute atomic E-state index is 11.9. The Balaban J connectivity index is 1.83. The molecule has 1 heterocycles. The molecule has 1 aliphatic heterocycles. The van der Waals surface area contributed by atoms with E-state index in [0.29, 0.717) is 25.1 Å². The Morgan fingerprint density at radius 1 is 1.24 bits per heavy atom. The van der Waals surface area contributed by atoms with Gasteiger partial charge in [0, 0.05) is 31.6 Å². The first-order valence-electron chi connectivity index (χ1n) is 7.50. The number of rotatable bonds is 7. The molecule has 0 radical (unpaired) electrons. The minimum atomic E-state index is -0.0464. The van der Waals surface area contributed by atoms with Crippen LogP contribution in [0.2, 0.25) is 0 Å². The first-order chi connectivity index (χ1) is 10.2. The fourth-order valence-corrected chi connectivity index (χ4v) is 2.42. The van der Waals surface area contributed by atoms with Crippen molar-refractivity contribution in [2.45, 2.75) is 25.8 Å². The van der Waals surface area contributed by atoms with Gasteiger partial charge in [-0.2, -0.15) is 0 Å². The molecule has 1 aromatic carbocycles. The summed E-state index contributed by atoms with van der Waals surface area (Å²) >= 11 is 0. The van der Waals surface area contributed by atoms with E-state index in [1.54, 1.807) is 0 Å². The van der Waals surface area contributed by atoms with Gasteiger partial charge < -0.3 is 15.5 Å². The van der Waals surface area contributed by atoms with Crippen LogP contribution in [0.1, 0.15) is 35.2 Å². The molecule has 5 heteroatoms. The van der Waals surface area contributed by atoms with Crippen molar-refractivity contribution in [3.63, 3.8) is 0 Å². The van der Waals surface area contributed by atoms with E-state index in [1.165, 1.54) is 0 Å². The number of hydrogen-bond acceptors (Lipinski definition) is 3. The van der Waals surface area contributed by atoms with Gasteiger partial charge in [0.1, 0.15) is 0 Å². The molecule has 2 rings (SSSR count). The summed E-state index contributed by atoms with van der Waals surface area (Å²) in [5.74, 6) is 0.177. The van der Waals surface area contributed by atoms with Crippen molar-refractivity contribution in [1.29, 1.82) is 0 Å². The number of hydrogen-bond donors (Lipinski definition) is 2. The Bertz CT molecular complexity index is 485. The summed E-state index contributed by atoms with van der Waals surface area (Å²) in [6.07, 6.45) is 2.52. The zero-order valence-electron chi connectivity index (χ0n) is 12.5. The Morgan fingerprint density at radius 2 is 2.00 bits per heavy atom. The van der Waals surface area contributed by atoms with E-state index < -0.39 is 0 Å². The number of carbonyl (C=O) groups excluding carboxylic acids is 2. The van der Waals surface area contributed by atoms with Crippen LogP contribution in [0.4, 0.5) is 0 Å². The van der Waals surface area contributed by atoms with Gasteiger partial charge >= 0.3 is 0 Å². The fourth-order valence-electron chi connectivity index (χ4n) is 2.42. The third kappa shape index (κ3) is 4.56. The number of amides is 2. The van der Waals surface area contributed by atoms with E-state index >= 15 is 0 Å². The van der Waals surface area contributed by atoms with Gasteiger partial charge in [0.15, 0.2) is 0 Å². The minimum Gasteiger partial charge on any atom is -0.352 e. The quantitative estimate of drug-likeness (QED) is 0.740. The predicted molar refractivity (Wildman–Crippen MR) is 82.0 cm³/mol. The van der Waals surface area contributed by atoms with Crippen molar-refractivity contribution in [1.82, 2.24) is 15.5 Å². The van der Waals surface area contributed by atoms with Crippen LogP contribution in [-0.2, 0) is 11.3 Å². The van der Waals surface area contributed by atoms with Crippen LogP contribution in [0.5, 0.6) is 0 Å². The molecule has 0 bridgehead atoms. The average molecular weight is 289 g/mol. The summed E-state index contributed by atoms with van der Waals surface area (Å²) in [5, 5.41) is 5.93. The highest BCUT2D eigenvalue weighted by Crippen LogP contribution is 2.14. The Labute approximate surface area is 125 Å². The molecule has 21 heavy (non-hydrogen) atoms. The van der Waals surface area contributed by atoms with Crippen LogP contribution in [-0.4, -0.2) is 43.4 Å². The van der Waals surface area contributed by atoms with Gasteiger partial charge in [-0.3, -0.25) is 9.59 Å². The lowest BCUT2D eigenvalue weighted by molar-refractivity contribution is -0.128. The second-order valence-corrected chi connectivity index (χ2v) is 5.33. The standard InChI is InChI=1S/C16H23N3O2/c1-17-9-3-10-18-16(21)14-7-5-13(6-8-14)12-19-11-2-4-15(19)20/h5-8,17H,2-4,9-12H2,1H3,(H,18,21). The maximum Gasteiger partial charge on any atom is 0.251 e. The molecule has 0 atom stereocenters. The van der Waals surface area contributed by atoms with Gasteiger partial charge in [-0.25, -0.2) is 0 Å². The number of likely N-dealkylation sites (tertiary alicyclic amines) is 1. The van der Waals surface area contributed by atoms with Gasteiger partial charge in [0.05, 0.1) is 0 Å². The summed E-state index contributed by atoms with van der Waals surface area (Å²) in [6.45, 7) is 3.04. The lowest BCUT2D eigenvalue weighted by atomic mass is 10.1. The number of carbonyl (C=O) groups is 2. The van der Waals surface area contributed by atoms with Crippen LogP contribution in [0.25, 0.3) is 0 Å². The van der Waals surface area contributed by atoms with Gasteiger partial charge in [0.25, 0.3) is 5.91 Å². The molecule has 0 unspecified atom stereocenters. The molecule has 2 N–H and O–H groups in total. The van der Waals surface area contributed by atoms with Gasteiger partial charge in [-0.15, -0.1) is 0 Å². The average Bonchev–Trinajstić information content (AvgIpc) is 2.89. The fraction of sp³-hybridized carbons (Fsp3) is 0.500. The lowest BCUT2D eigenvalue weighted by Gasteiger charge is -2.15. The molecule has 0 saturated carbocycles. The summed E-state index contributed by atoms with van der Waals surface area (Å²) in [5.41, 5.74) is 1.73. The Kier molecular flexibility index (Phi) is 5.75. The smallest absolute Gasteiger partial charge is 0.251 e. The molecule has 0 aliphatic carbocycles. The van der Waals surface area contributed by atoms with E-state index in [9.17, 15) is 9.59 Å². The third-order valence-electron chi connectivity index (χ3n) is 3.65. The van der Waals surface area contributed by atoms with Gasteiger partial charge in [-0.1, -0.05) is 12.1 Å². The van der Waals surface area contributed by atoms with E-state index in [-0.39, 0.29) is 11.8 Å². The summed E-state index contributed by atoms with van der Waals surface area (Å²) in [6, 6.07) is 7.49. The monoisotopic (exact) mass is 289 g/mol. The first kappa shape index (κ1) is 15.5. The summed E-state index contributed by atoms with van der Waals surface area (Å²) in [7, 11) is 1.89. The van der Waals surface area contributed by atoms with Crippen molar-refractivity contribution in [3.05, 3.63) is 35.4 Å². The normalized spacial score (nSPS) is 14.5. The van der Waals surface area contributed by atoms with Gasteiger partial charge in [0.2, 0.25) is 5.91 Å². The van der Waals surface area contributed by atoms with Crippen LogP contribution < -0.4 is 10.6 Å². The van der Waals surface area contributed by atoms with Crippen LogP contribution >= 0.6 is 0 Å². The lowest BCUT2D eigenvalue weighted by Crippen LogP contribution is -2.26. The number of nitrogens with zero attached hydrogens (tertiary/aromatic N) is 1. The van der Waals surface area contributed by atoms with Crippen molar-refractivity contribution < 1.29 is 9.59 Å². The molecule has 114 valence electrons. The van der Waals surface area contributed by atoms with E-state index in [4.69, 9.17) is 0 Å². The van der Waals surface area contributed by atoms with E-state index in [0.717, 1.165) is 31.5 Å². The SMILES string of the molecule is CNCCCNC(=O)c1ccc(CN2CCCC2=O)cc1. The highest BCUT2D eigenvalue weighted by molar-refractivity contribution is 5.94. The summed E-state index contributed by atoms with van der Waals surface area (Å²) < 4.78 is 0. The highest BCUT2D eigenvalue weighted by Gasteiger charge is 2.19. The molecule has 1 aromatic rings. The van der Waals surface area contributed by atoms with Crippen molar-refractivity contribution in [2.24, 2.45) is 0 Å². The molecule has 5 nitrogen and oxygen atoms in total. The van der Waals surface area contributed by atoms with E-state index in [1.807, 2.05) is 36.2 Å². The summed E-state index contributed by atoms with van der Waals surface area (Å²) in [4.78, 5) is 25.4. The highest BCUT2D eigenvalue weighted by atomic mass is 16.2. The largest absolute Gasteiger partial charge is 0.352 e. The Morgan fingerprint density at radius 3 is 2.62 bits per heavy atom. The molecule has 2 amide bonds. The first-order valence-corrected chi connectivity index (χ1v) is 7.50. The molecular weight excluding hydrogens is 266 g/mol. The predicted octanol–water partition coefficient (Wildman–Crippen LogP) is 1.15. The van der Waals surface area contributed by atoms with Crippen molar-refractivity contribution in [2.75, 3.05) is 26.7 Å². The number of nitrogens with one attached hydrogen (secondary N) is 2. The van der Waals surface area contributed by atoms with Crippen molar-refractivity contribution in [3.8, 4) is 0 Å². The zero-order chi connectivity index (χ0) is 15.1. The molecule has 1 aliphatic rings. The second-order valence-electron chi connectivity index (χ2n) is 5.33. The number of benzene rings is 1. The van der Waals surface area contributed by atoms with Crippen LogP contribution in [0, 0.1) is 0 Å². The molecule has 0 aromatic heterocycles. The van der Waals surface area contributed by atoms with Crippen LogP contribution in [0.15, 0.2) is 24.3 Å². The van der Waals surface area contributed by atoms with Crippen LogP contribution in [0.3, 0.4) is 0 Å².